The van der Waals surface area contributed by atoms with E-state index in [1.807, 2.05) is 12.1 Å². The lowest BCUT2D eigenvalue weighted by molar-refractivity contribution is 0.0105. The fourth-order valence-corrected chi connectivity index (χ4v) is 6.13. The first-order chi connectivity index (χ1) is 16.6. The molecule has 0 aliphatic heterocycles. The van der Waals surface area contributed by atoms with Crippen molar-refractivity contribution in [1.82, 2.24) is 0 Å². The van der Waals surface area contributed by atoms with Gasteiger partial charge in [0.1, 0.15) is 6.10 Å². The lowest BCUT2D eigenvalue weighted by atomic mass is 9.71. The second-order valence-corrected chi connectivity index (χ2v) is 11.1. The van der Waals surface area contributed by atoms with Gasteiger partial charge in [-0.15, -0.1) is 0 Å². The smallest absolute Gasteiger partial charge is 0.338 e. The highest BCUT2D eigenvalue weighted by Crippen LogP contribution is 2.41. The SMILES string of the molecule is CCCCCCCC1(C#N)CCC(OC(=O)c2ccc([C@H]3CC[C@H](CCCC)CC3)cc2)CC1. The highest BCUT2D eigenvalue weighted by atomic mass is 16.5. The van der Waals surface area contributed by atoms with Crippen LogP contribution in [0.1, 0.15) is 145 Å². The number of carbonyl (C=O) groups is 1. The van der Waals surface area contributed by atoms with Crippen molar-refractivity contribution in [2.24, 2.45) is 11.3 Å². The number of hydrogen-bond acceptors (Lipinski definition) is 3. The molecule has 1 aromatic carbocycles. The number of unbranched alkanes of at least 4 members (excludes halogenated alkanes) is 5. The minimum Gasteiger partial charge on any atom is -0.459 e. The molecule has 34 heavy (non-hydrogen) atoms. The van der Waals surface area contributed by atoms with E-state index in [0.29, 0.717) is 11.5 Å². The second-order valence-electron chi connectivity index (χ2n) is 11.1. The number of carbonyl (C=O) groups excluding carboxylic acids is 1. The predicted octanol–water partition coefficient (Wildman–Crippen LogP) is 9.12. The van der Waals surface area contributed by atoms with Crippen LogP contribution in [0.3, 0.4) is 0 Å². The molecule has 2 fully saturated rings. The molecule has 2 aliphatic rings. The number of esters is 1. The van der Waals surface area contributed by atoms with E-state index in [2.05, 4.69) is 32.0 Å². The Balaban J connectivity index is 1.42. The van der Waals surface area contributed by atoms with Gasteiger partial charge in [0.15, 0.2) is 0 Å². The van der Waals surface area contributed by atoms with Crippen LogP contribution in [0.15, 0.2) is 24.3 Å². The quantitative estimate of drug-likeness (QED) is 0.228. The van der Waals surface area contributed by atoms with E-state index in [-0.39, 0.29) is 17.5 Å². The third-order valence-electron chi connectivity index (χ3n) is 8.59. The summed E-state index contributed by atoms with van der Waals surface area (Å²) in [4.78, 5) is 12.8. The van der Waals surface area contributed by atoms with Crippen molar-refractivity contribution in [2.75, 3.05) is 0 Å². The van der Waals surface area contributed by atoms with Gasteiger partial charge in [-0.3, -0.25) is 0 Å². The van der Waals surface area contributed by atoms with Crippen molar-refractivity contribution < 1.29 is 9.53 Å². The molecule has 2 saturated carbocycles. The summed E-state index contributed by atoms with van der Waals surface area (Å²) in [5.41, 5.74) is 1.83. The molecule has 3 heteroatoms. The molecule has 0 amide bonds. The van der Waals surface area contributed by atoms with E-state index in [4.69, 9.17) is 4.74 Å². The average molecular weight is 466 g/mol. The van der Waals surface area contributed by atoms with E-state index in [0.717, 1.165) is 44.4 Å². The Hall–Kier alpha value is -1.82. The first-order valence-electron chi connectivity index (χ1n) is 14.3. The molecule has 2 aliphatic carbocycles. The lowest BCUT2D eigenvalue weighted by Crippen LogP contribution is -2.31. The fourth-order valence-electron chi connectivity index (χ4n) is 6.13. The summed E-state index contributed by atoms with van der Waals surface area (Å²) in [5.74, 6) is 1.35. The van der Waals surface area contributed by atoms with Gasteiger partial charge >= 0.3 is 5.97 Å². The highest BCUT2D eigenvalue weighted by Gasteiger charge is 2.36. The van der Waals surface area contributed by atoms with E-state index >= 15 is 0 Å². The molecule has 0 radical (unpaired) electrons. The zero-order valence-electron chi connectivity index (χ0n) is 21.8. The van der Waals surface area contributed by atoms with Gasteiger partial charge in [-0.2, -0.15) is 5.26 Å². The van der Waals surface area contributed by atoms with Crippen LogP contribution in [0, 0.1) is 22.7 Å². The molecule has 0 saturated heterocycles. The van der Waals surface area contributed by atoms with Crippen LogP contribution in [-0.4, -0.2) is 12.1 Å². The minimum absolute atomic E-state index is 0.0489. The van der Waals surface area contributed by atoms with Gasteiger partial charge in [-0.25, -0.2) is 4.79 Å². The van der Waals surface area contributed by atoms with Crippen molar-refractivity contribution in [3.05, 3.63) is 35.4 Å². The van der Waals surface area contributed by atoms with Crippen LogP contribution >= 0.6 is 0 Å². The van der Waals surface area contributed by atoms with Crippen molar-refractivity contribution in [2.45, 2.75) is 135 Å². The number of ether oxygens (including phenoxy) is 1. The van der Waals surface area contributed by atoms with Crippen LogP contribution in [0.5, 0.6) is 0 Å². The van der Waals surface area contributed by atoms with Crippen LogP contribution in [-0.2, 0) is 4.74 Å². The average Bonchev–Trinajstić information content (AvgIpc) is 2.89. The zero-order chi connectivity index (χ0) is 24.2. The molecule has 0 spiro atoms. The standard InChI is InChI=1S/C31H47NO2/c1-3-5-7-8-9-21-31(24-32)22-19-29(20-23-31)34-30(33)28-17-15-27(16-18-28)26-13-11-25(12-14-26)10-6-4-2/h15-18,25-26,29H,3-14,19-23H2,1-2H3/t25-,26-,29?,31?. The summed E-state index contributed by atoms with van der Waals surface area (Å²) in [6.45, 7) is 4.51. The summed E-state index contributed by atoms with van der Waals surface area (Å²) in [6.07, 6.45) is 19.8. The molecule has 3 rings (SSSR count). The molecule has 1 aromatic rings. The van der Waals surface area contributed by atoms with Gasteiger partial charge in [0.05, 0.1) is 17.0 Å². The molecule has 0 aromatic heterocycles. The van der Waals surface area contributed by atoms with E-state index in [1.54, 1.807) is 0 Å². The van der Waals surface area contributed by atoms with Gasteiger partial charge in [-0.1, -0.05) is 77.3 Å². The van der Waals surface area contributed by atoms with Crippen LogP contribution < -0.4 is 0 Å². The zero-order valence-corrected chi connectivity index (χ0v) is 21.8. The Kier molecular flexibility index (Phi) is 11.0. The largest absolute Gasteiger partial charge is 0.459 e. The van der Waals surface area contributed by atoms with Gasteiger partial charge < -0.3 is 4.74 Å². The molecule has 0 N–H and O–H groups in total. The maximum Gasteiger partial charge on any atom is 0.338 e. The van der Waals surface area contributed by atoms with Gasteiger partial charge in [0, 0.05) is 0 Å². The van der Waals surface area contributed by atoms with Crippen molar-refractivity contribution in [1.29, 1.82) is 5.26 Å². The Morgan fingerprint density at radius 1 is 0.912 bits per heavy atom. The number of nitriles is 1. The third kappa shape index (κ3) is 7.86. The van der Waals surface area contributed by atoms with Crippen LogP contribution in [0.4, 0.5) is 0 Å². The minimum atomic E-state index is -0.205. The Bertz CT molecular complexity index is 762. The van der Waals surface area contributed by atoms with Crippen LogP contribution in [0.2, 0.25) is 0 Å². The lowest BCUT2D eigenvalue weighted by Gasteiger charge is -2.34. The summed E-state index contributed by atoms with van der Waals surface area (Å²) < 4.78 is 5.86. The molecular weight excluding hydrogens is 418 g/mol. The third-order valence-corrected chi connectivity index (χ3v) is 8.59. The predicted molar refractivity (Wildman–Crippen MR) is 140 cm³/mol. The highest BCUT2D eigenvalue weighted by molar-refractivity contribution is 5.89. The van der Waals surface area contributed by atoms with Gasteiger partial charge in [-0.05, 0) is 87.3 Å². The summed E-state index contributed by atoms with van der Waals surface area (Å²) in [6, 6.07) is 10.8. The topological polar surface area (TPSA) is 50.1 Å². The molecule has 0 unspecified atom stereocenters. The summed E-state index contributed by atoms with van der Waals surface area (Å²) in [7, 11) is 0. The summed E-state index contributed by atoms with van der Waals surface area (Å²) >= 11 is 0. The van der Waals surface area contributed by atoms with E-state index < -0.39 is 0 Å². The fraction of sp³-hybridized carbons (Fsp3) is 0.742. The first-order valence-corrected chi connectivity index (χ1v) is 14.3. The Labute approximate surface area is 208 Å². The normalized spacial score (nSPS) is 27.1. The monoisotopic (exact) mass is 465 g/mol. The maximum absolute atomic E-state index is 12.8. The molecule has 0 bridgehead atoms. The summed E-state index contributed by atoms with van der Waals surface area (Å²) in [5, 5.41) is 9.82. The number of rotatable bonds is 12. The van der Waals surface area contributed by atoms with Crippen LogP contribution in [0.25, 0.3) is 0 Å². The maximum atomic E-state index is 12.8. The molecule has 0 atom stereocenters. The van der Waals surface area contributed by atoms with Gasteiger partial charge in [0.2, 0.25) is 0 Å². The van der Waals surface area contributed by atoms with Crippen molar-refractivity contribution in [3.63, 3.8) is 0 Å². The van der Waals surface area contributed by atoms with Gasteiger partial charge in [0.25, 0.3) is 0 Å². The van der Waals surface area contributed by atoms with E-state index in [9.17, 15) is 10.1 Å². The molecule has 0 heterocycles. The number of hydrogen-bond donors (Lipinski definition) is 0. The Morgan fingerprint density at radius 2 is 1.56 bits per heavy atom. The number of benzene rings is 1. The van der Waals surface area contributed by atoms with Crippen molar-refractivity contribution >= 4 is 5.97 Å². The van der Waals surface area contributed by atoms with E-state index in [1.165, 1.54) is 76.2 Å². The molecule has 3 nitrogen and oxygen atoms in total. The Morgan fingerprint density at radius 3 is 2.18 bits per heavy atom. The first kappa shape index (κ1) is 26.8. The number of nitrogens with zero attached hydrogens (tertiary/aromatic N) is 1. The molecule has 188 valence electrons. The second kappa shape index (κ2) is 13.9. The van der Waals surface area contributed by atoms with Crippen molar-refractivity contribution in [3.8, 4) is 6.07 Å². The molecular formula is C31H47NO2.